The van der Waals surface area contributed by atoms with Crippen LogP contribution in [0.1, 0.15) is 23.6 Å². The number of hydrogen-bond acceptors (Lipinski definition) is 6. The van der Waals surface area contributed by atoms with E-state index in [9.17, 15) is 15.0 Å². The summed E-state index contributed by atoms with van der Waals surface area (Å²) >= 11 is 0. The number of phenols is 1. The first kappa shape index (κ1) is 21.9. The lowest BCUT2D eigenvalue weighted by Gasteiger charge is -2.29. The van der Waals surface area contributed by atoms with Crippen molar-refractivity contribution < 1.29 is 24.5 Å². The van der Waals surface area contributed by atoms with E-state index >= 15 is 0 Å². The van der Waals surface area contributed by atoms with Gasteiger partial charge in [-0.15, -0.1) is 0 Å². The highest BCUT2D eigenvalue weighted by Crippen LogP contribution is 2.40. The Morgan fingerprint density at radius 1 is 0.871 bits per heavy atom. The molecule has 7 heteroatoms. The van der Waals surface area contributed by atoms with Crippen LogP contribution in [0.3, 0.4) is 0 Å². The minimum absolute atomic E-state index is 0.0303. The monoisotopic (exact) mass is 420 g/mol. The van der Waals surface area contributed by atoms with Crippen LogP contribution in [0.25, 0.3) is 0 Å². The van der Waals surface area contributed by atoms with Gasteiger partial charge in [-0.1, -0.05) is 48.5 Å². The second-order valence-electron chi connectivity index (χ2n) is 6.77. The van der Waals surface area contributed by atoms with Crippen molar-refractivity contribution in [2.24, 2.45) is 5.10 Å². The number of benzene rings is 3. The molecule has 0 unspecified atom stereocenters. The second-order valence-corrected chi connectivity index (χ2v) is 6.77. The summed E-state index contributed by atoms with van der Waals surface area (Å²) in [5.74, 6) is -0.126. The highest BCUT2D eigenvalue weighted by molar-refractivity contribution is 6.02. The van der Waals surface area contributed by atoms with Crippen molar-refractivity contribution in [2.75, 3.05) is 14.2 Å². The number of aliphatic hydroxyl groups is 1. The normalized spacial score (nSPS) is 11.7. The Morgan fingerprint density at radius 2 is 1.35 bits per heavy atom. The number of methoxy groups -OCH3 is 2. The zero-order chi connectivity index (χ0) is 22.4. The molecule has 160 valence electrons. The molecule has 0 aliphatic carbocycles. The van der Waals surface area contributed by atoms with Gasteiger partial charge in [0.1, 0.15) is 17.2 Å². The van der Waals surface area contributed by atoms with Crippen molar-refractivity contribution in [3.8, 4) is 17.2 Å². The van der Waals surface area contributed by atoms with Gasteiger partial charge in [0, 0.05) is 16.7 Å². The molecule has 31 heavy (non-hydrogen) atoms. The Labute approximate surface area is 180 Å². The Hall–Kier alpha value is -3.84. The Bertz CT molecular complexity index is 1060. The minimum atomic E-state index is -2.16. The van der Waals surface area contributed by atoms with Crippen LogP contribution in [0, 0.1) is 0 Å². The molecule has 0 aromatic heterocycles. The molecule has 0 saturated heterocycles. The lowest BCUT2D eigenvalue weighted by atomic mass is 9.84. The van der Waals surface area contributed by atoms with Gasteiger partial charge in [0.25, 0.3) is 5.91 Å². The van der Waals surface area contributed by atoms with E-state index in [0.717, 1.165) is 0 Å². The summed E-state index contributed by atoms with van der Waals surface area (Å²) < 4.78 is 10.8. The van der Waals surface area contributed by atoms with Gasteiger partial charge < -0.3 is 19.7 Å². The topological polar surface area (TPSA) is 100 Å². The zero-order valence-electron chi connectivity index (χ0n) is 17.5. The summed E-state index contributed by atoms with van der Waals surface area (Å²) in [5.41, 5.74) is 1.55. The van der Waals surface area contributed by atoms with E-state index in [0.29, 0.717) is 22.8 Å². The first-order chi connectivity index (χ1) is 14.9. The van der Waals surface area contributed by atoms with Gasteiger partial charge in [0.2, 0.25) is 5.60 Å². The minimum Gasteiger partial charge on any atom is -0.507 e. The fraction of sp³-hybridized carbons (Fsp3) is 0.167. The lowest BCUT2D eigenvalue weighted by Crippen LogP contribution is -2.44. The Kier molecular flexibility index (Phi) is 6.57. The van der Waals surface area contributed by atoms with E-state index in [2.05, 4.69) is 10.5 Å². The summed E-state index contributed by atoms with van der Waals surface area (Å²) in [4.78, 5) is 13.4. The predicted octanol–water partition coefficient (Wildman–Crippen LogP) is 3.19. The van der Waals surface area contributed by atoms with Crippen LogP contribution < -0.4 is 14.9 Å². The van der Waals surface area contributed by atoms with Gasteiger partial charge in [-0.3, -0.25) is 4.79 Å². The second kappa shape index (κ2) is 9.32. The van der Waals surface area contributed by atoms with Crippen molar-refractivity contribution in [1.29, 1.82) is 0 Å². The number of carbonyl (C=O) groups is 1. The quantitative estimate of drug-likeness (QED) is 0.403. The van der Waals surface area contributed by atoms with Crippen LogP contribution in [0.4, 0.5) is 0 Å². The van der Waals surface area contributed by atoms with Crippen LogP contribution in [0.15, 0.2) is 77.9 Å². The Balaban J connectivity index is 2.10. The van der Waals surface area contributed by atoms with Crippen molar-refractivity contribution in [3.63, 3.8) is 0 Å². The number of para-hydroxylation sites is 3. The molecule has 0 fully saturated rings. The predicted molar refractivity (Wildman–Crippen MR) is 117 cm³/mol. The van der Waals surface area contributed by atoms with E-state index in [4.69, 9.17) is 9.47 Å². The number of hydrogen-bond donors (Lipinski definition) is 3. The van der Waals surface area contributed by atoms with Gasteiger partial charge in [-0.05, 0) is 31.2 Å². The fourth-order valence-electron chi connectivity index (χ4n) is 3.33. The molecule has 0 saturated carbocycles. The van der Waals surface area contributed by atoms with E-state index in [1.807, 2.05) is 0 Å². The maximum Gasteiger partial charge on any atom is 0.281 e. The number of nitrogens with one attached hydrogen (secondary N) is 1. The summed E-state index contributed by atoms with van der Waals surface area (Å²) in [5, 5.41) is 25.9. The van der Waals surface area contributed by atoms with Gasteiger partial charge in [-0.2, -0.15) is 5.10 Å². The summed E-state index contributed by atoms with van der Waals surface area (Å²) in [7, 11) is 2.92. The first-order valence-electron chi connectivity index (χ1n) is 9.56. The molecule has 0 atom stereocenters. The highest BCUT2D eigenvalue weighted by Gasteiger charge is 2.44. The van der Waals surface area contributed by atoms with Crippen LogP contribution in [-0.4, -0.2) is 36.1 Å². The summed E-state index contributed by atoms with van der Waals surface area (Å²) in [6.07, 6.45) is 0. The number of aromatic hydroxyl groups is 1. The summed E-state index contributed by atoms with van der Waals surface area (Å²) in [6.45, 7) is 1.64. The highest BCUT2D eigenvalue weighted by atomic mass is 16.5. The number of phenolic OH excluding ortho intramolecular Hbond substituents is 1. The van der Waals surface area contributed by atoms with Crippen molar-refractivity contribution in [3.05, 3.63) is 89.5 Å². The molecule has 0 aliphatic rings. The zero-order valence-corrected chi connectivity index (χ0v) is 17.5. The molecule has 3 aromatic carbocycles. The first-order valence-corrected chi connectivity index (χ1v) is 9.56. The Morgan fingerprint density at radius 3 is 1.87 bits per heavy atom. The number of rotatable bonds is 7. The third-order valence-corrected chi connectivity index (χ3v) is 4.94. The van der Waals surface area contributed by atoms with Crippen LogP contribution in [0.2, 0.25) is 0 Å². The van der Waals surface area contributed by atoms with Crippen LogP contribution in [-0.2, 0) is 10.4 Å². The largest absolute Gasteiger partial charge is 0.507 e. The average Bonchev–Trinajstić information content (AvgIpc) is 2.81. The van der Waals surface area contributed by atoms with Gasteiger partial charge in [-0.25, -0.2) is 5.43 Å². The maximum atomic E-state index is 13.4. The van der Waals surface area contributed by atoms with E-state index in [1.165, 1.54) is 20.3 Å². The summed E-state index contributed by atoms with van der Waals surface area (Å²) in [6, 6.07) is 20.0. The maximum absolute atomic E-state index is 13.4. The SMILES string of the molecule is COc1ccccc1C(O)(C(=O)N/N=C(\C)c1ccccc1O)c1ccccc1OC. The number of nitrogens with zero attached hydrogens (tertiary/aromatic N) is 1. The van der Waals surface area contributed by atoms with Crippen molar-refractivity contribution >= 4 is 11.6 Å². The number of carbonyl (C=O) groups excluding carboxylic acids is 1. The molecule has 1 amide bonds. The van der Waals surface area contributed by atoms with Gasteiger partial charge >= 0.3 is 0 Å². The lowest BCUT2D eigenvalue weighted by molar-refractivity contribution is -0.136. The molecule has 3 N–H and O–H groups in total. The smallest absolute Gasteiger partial charge is 0.281 e. The number of hydrazone groups is 1. The van der Waals surface area contributed by atoms with Gasteiger partial charge in [0.05, 0.1) is 19.9 Å². The van der Waals surface area contributed by atoms with Crippen LogP contribution in [0.5, 0.6) is 17.2 Å². The standard InChI is InChI=1S/C24H24N2O5/c1-16(17-10-4-7-13-20(17)27)25-26-23(28)24(29,18-11-5-8-14-21(18)30-2)19-12-6-9-15-22(19)31-3/h4-15,27,29H,1-3H3,(H,26,28)/b25-16+. The van der Waals surface area contributed by atoms with Gasteiger partial charge in [0.15, 0.2) is 0 Å². The van der Waals surface area contributed by atoms with Crippen molar-refractivity contribution in [1.82, 2.24) is 5.43 Å². The molecule has 0 radical (unpaired) electrons. The third-order valence-electron chi connectivity index (χ3n) is 4.94. The molecule has 7 nitrogen and oxygen atoms in total. The van der Waals surface area contributed by atoms with E-state index in [1.54, 1.807) is 73.7 Å². The van der Waals surface area contributed by atoms with E-state index in [-0.39, 0.29) is 16.9 Å². The average molecular weight is 420 g/mol. The van der Waals surface area contributed by atoms with Crippen LogP contribution >= 0.6 is 0 Å². The molecule has 0 heterocycles. The molecule has 3 aromatic rings. The number of amides is 1. The third kappa shape index (κ3) is 4.22. The molecule has 0 spiro atoms. The molecule has 0 aliphatic heterocycles. The van der Waals surface area contributed by atoms with E-state index < -0.39 is 11.5 Å². The fourth-order valence-corrected chi connectivity index (χ4v) is 3.33. The molecule has 3 rings (SSSR count). The molecular formula is C24H24N2O5. The van der Waals surface area contributed by atoms with Crippen molar-refractivity contribution in [2.45, 2.75) is 12.5 Å². The number of ether oxygens (including phenoxy) is 2. The molecule has 0 bridgehead atoms. The molecular weight excluding hydrogens is 396 g/mol.